The summed E-state index contributed by atoms with van der Waals surface area (Å²) in [4.78, 5) is 21.7. The number of rotatable bonds is 7. The highest BCUT2D eigenvalue weighted by atomic mass is 16.5. The Morgan fingerprint density at radius 3 is 3.00 bits per heavy atom. The minimum absolute atomic E-state index is 0.104. The maximum Gasteiger partial charge on any atom is 0.337 e. The molecule has 2 rings (SSSR count). The van der Waals surface area contributed by atoms with Crippen molar-refractivity contribution in [3.05, 3.63) is 59.3 Å². The highest BCUT2D eigenvalue weighted by Crippen LogP contribution is 2.30. The van der Waals surface area contributed by atoms with Gasteiger partial charge in [0.1, 0.15) is 6.61 Å². The Balaban J connectivity index is 1.95. The van der Waals surface area contributed by atoms with Crippen LogP contribution in [0.4, 0.5) is 0 Å². The minimum atomic E-state index is -0.516. The Labute approximate surface area is 129 Å². The average Bonchev–Trinajstić information content (AvgIpc) is 2.97. The van der Waals surface area contributed by atoms with E-state index in [9.17, 15) is 9.59 Å². The Morgan fingerprint density at radius 1 is 1.41 bits per heavy atom. The van der Waals surface area contributed by atoms with Crippen LogP contribution in [-0.2, 0) is 25.5 Å². The van der Waals surface area contributed by atoms with Crippen molar-refractivity contribution >= 4 is 12.4 Å². The standard InChI is InChI=1S/C17H19NO4/c1-21-17(20)14(11-22-12-19)6-4-10-18-16-9-8-13-5-2-3-7-15(13)16/h2-7,10,12,16,18H,8-9,11H2,1H3/b10-4+,14-6+/t16-/m1/s1. The average molecular weight is 301 g/mol. The number of hydrogen-bond acceptors (Lipinski definition) is 5. The molecule has 0 heterocycles. The van der Waals surface area contributed by atoms with Gasteiger partial charge < -0.3 is 14.8 Å². The van der Waals surface area contributed by atoms with Gasteiger partial charge in [-0.25, -0.2) is 4.79 Å². The highest BCUT2D eigenvalue weighted by Gasteiger charge is 2.20. The lowest BCUT2D eigenvalue weighted by molar-refractivity contribution is -0.137. The number of hydrogen-bond donors (Lipinski definition) is 1. The number of carbonyl (C=O) groups excluding carboxylic acids is 2. The predicted molar refractivity (Wildman–Crippen MR) is 81.9 cm³/mol. The predicted octanol–water partition coefficient (Wildman–Crippen LogP) is 2.05. The van der Waals surface area contributed by atoms with Gasteiger partial charge in [0.15, 0.2) is 0 Å². The van der Waals surface area contributed by atoms with Gasteiger partial charge in [0, 0.05) is 0 Å². The van der Waals surface area contributed by atoms with E-state index in [-0.39, 0.29) is 18.2 Å². The monoisotopic (exact) mass is 301 g/mol. The second-order valence-corrected chi connectivity index (χ2v) is 4.91. The first-order valence-corrected chi connectivity index (χ1v) is 7.09. The Morgan fingerprint density at radius 2 is 2.23 bits per heavy atom. The zero-order valence-corrected chi connectivity index (χ0v) is 12.5. The SMILES string of the molecule is COC(=O)/C(=C/C=C/N[C@@H]1CCc2ccccc21)COC=O. The van der Waals surface area contributed by atoms with Gasteiger partial charge in [-0.1, -0.05) is 24.3 Å². The second kappa shape index (κ2) is 8.02. The molecule has 0 fully saturated rings. The van der Waals surface area contributed by atoms with Gasteiger partial charge >= 0.3 is 5.97 Å². The van der Waals surface area contributed by atoms with Gasteiger partial charge in [-0.05, 0) is 42.3 Å². The van der Waals surface area contributed by atoms with Crippen LogP contribution in [0.3, 0.4) is 0 Å². The van der Waals surface area contributed by atoms with Crippen molar-refractivity contribution in [2.75, 3.05) is 13.7 Å². The van der Waals surface area contributed by atoms with Crippen LogP contribution in [0.25, 0.3) is 0 Å². The molecular weight excluding hydrogens is 282 g/mol. The molecule has 5 heteroatoms. The van der Waals surface area contributed by atoms with Crippen molar-refractivity contribution in [1.29, 1.82) is 0 Å². The van der Waals surface area contributed by atoms with Gasteiger partial charge in [0.2, 0.25) is 0 Å². The number of allylic oxidation sites excluding steroid dienone is 2. The number of benzene rings is 1. The number of fused-ring (bicyclic) bond motifs is 1. The molecule has 1 aromatic rings. The van der Waals surface area contributed by atoms with Crippen molar-refractivity contribution in [1.82, 2.24) is 5.32 Å². The normalized spacial score (nSPS) is 17.1. The summed E-state index contributed by atoms with van der Waals surface area (Å²) >= 11 is 0. The van der Waals surface area contributed by atoms with Crippen LogP contribution < -0.4 is 5.32 Å². The number of nitrogens with one attached hydrogen (secondary N) is 1. The maximum absolute atomic E-state index is 11.5. The molecule has 0 spiro atoms. The van der Waals surface area contributed by atoms with E-state index < -0.39 is 5.97 Å². The molecule has 1 N–H and O–H groups in total. The quantitative estimate of drug-likeness (QED) is 0.361. The molecule has 0 unspecified atom stereocenters. The van der Waals surface area contributed by atoms with Crippen molar-refractivity contribution < 1.29 is 19.1 Å². The summed E-state index contributed by atoms with van der Waals surface area (Å²) in [6.07, 6.45) is 7.19. The first-order valence-electron chi connectivity index (χ1n) is 7.09. The number of methoxy groups -OCH3 is 1. The van der Waals surface area contributed by atoms with Crippen LogP contribution in [0.2, 0.25) is 0 Å². The van der Waals surface area contributed by atoms with E-state index in [0.29, 0.717) is 6.47 Å². The van der Waals surface area contributed by atoms with Gasteiger partial charge in [-0.2, -0.15) is 0 Å². The molecule has 1 aromatic carbocycles. The van der Waals surface area contributed by atoms with Crippen LogP contribution in [0, 0.1) is 0 Å². The number of ether oxygens (including phenoxy) is 2. The van der Waals surface area contributed by atoms with E-state index in [1.54, 1.807) is 18.4 Å². The van der Waals surface area contributed by atoms with Crippen molar-refractivity contribution in [2.24, 2.45) is 0 Å². The van der Waals surface area contributed by atoms with Crippen LogP contribution in [0.15, 0.2) is 48.2 Å². The number of aryl methyl sites for hydroxylation is 1. The lowest BCUT2D eigenvalue weighted by atomic mass is 10.1. The smallest absolute Gasteiger partial charge is 0.337 e. The minimum Gasteiger partial charge on any atom is -0.466 e. The molecule has 22 heavy (non-hydrogen) atoms. The van der Waals surface area contributed by atoms with Crippen molar-refractivity contribution in [3.8, 4) is 0 Å². The first kappa shape index (κ1) is 15.8. The molecule has 0 saturated heterocycles. The van der Waals surface area contributed by atoms with E-state index in [1.807, 2.05) is 6.07 Å². The molecule has 0 bridgehead atoms. The van der Waals surface area contributed by atoms with Crippen LogP contribution in [-0.4, -0.2) is 26.2 Å². The van der Waals surface area contributed by atoms with Crippen LogP contribution in [0.1, 0.15) is 23.6 Å². The maximum atomic E-state index is 11.5. The molecule has 0 amide bonds. The first-order chi connectivity index (χ1) is 10.8. The van der Waals surface area contributed by atoms with Crippen LogP contribution >= 0.6 is 0 Å². The summed E-state index contributed by atoms with van der Waals surface area (Å²) < 4.78 is 9.22. The third kappa shape index (κ3) is 3.97. The summed E-state index contributed by atoms with van der Waals surface area (Å²) in [6.45, 7) is 0.195. The van der Waals surface area contributed by atoms with Crippen molar-refractivity contribution in [3.63, 3.8) is 0 Å². The lowest BCUT2D eigenvalue weighted by Crippen LogP contribution is -2.12. The molecule has 5 nitrogen and oxygen atoms in total. The van der Waals surface area contributed by atoms with Crippen molar-refractivity contribution in [2.45, 2.75) is 18.9 Å². The fraction of sp³-hybridized carbons (Fsp3) is 0.294. The summed E-state index contributed by atoms with van der Waals surface area (Å²) in [5.41, 5.74) is 2.96. The molecule has 0 saturated carbocycles. The molecular formula is C17H19NO4. The summed E-state index contributed by atoms with van der Waals surface area (Å²) in [6, 6.07) is 8.65. The number of carbonyl (C=O) groups is 2. The van der Waals surface area contributed by atoms with E-state index >= 15 is 0 Å². The van der Waals surface area contributed by atoms with E-state index in [1.165, 1.54) is 18.2 Å². The third-order valence-electron chi connectivity index (χ3n) is 3.58. The fourth-order valence-electron chi connectivity index (χ4n) is 2.50. The zero-order valence-electron chi connectivity index (χ0n) is 12.5. The lowest BCUT2D eigenvalue weighted by Gasteiger charge is -2.11. The third-order valence-corrected chi connectivity index (χ3v) is 3.58. The van der Waals surface area contributed by atoms with E-state index in [2.05, 4.69) is 33.0 Å². The molecule has 1 aliphatic rings. The van der Waals surface area contributed by atoms with Gasteiger partial charge in [0.05, 0.1) is 18.7 Å². The Kier molecular flexibility index (Phi) is 5.77. The molecule has 0 aliphatic heterocycles. The van der Waals surface area contributed by atoms with Gasteiger partial charge in [-0.3, -0.25) is 4.79 Å². The zero-order chi connectivity index (χ0) is 15.8. The molecule has 0 radical (unpaired) electrons. The van der Waals surface area contributed by atoms with Crippen LogP contribution in [0.5, 0.6) is 0 Å². The number of esters is 1. The van der Waals surface area contributed by atoms with Gasteiger partial charge in [-0.15, -0.1) is 0 Å². The van der Waals surface area contributed by atoms with E-state index in [0.717, 1.165) is 12.8 Å². The highest BCUT2D eigenvalue weighted by molar-refractivity contribution is 5.89. The van der Waals surface area contributed by atoms with E-state index in [4.69, 9.17) is 0 Å². The molecule has 0 aromatic heterocycles. The largest absolute Gasteiger partial charge is 0.466 e. The summed E-state index contributed by atoms with van der Waals surface area (Å²) in [5, 5.41) is 3.32. The topological polar surface area (TPSA) is 64.6 Å². The molecule has 1 aliphatic carbocycles. The molecule has 116 valence electrons. The fourth-order valence-corrected chi connectivity index (χ4v) is 2.50. The Bertz CT molecular complexity index is 592. The summed E-state index contributed by atoms with van der Waals surface area (Å²) in [7, 11) is 1.29. The summed E-state index contributed by atoms with van der Waals surface area (Å²) in [5.74, 6) is -0.516. The Hall–Kier alpha value is -2.56. The van der Waals surface area contributed by atoms with Gasteiger partial charge in [0.25, 0.3) is 6.47 Å². The second-order valence-electron chi connectivity index (χ2n) is 4.91. The molecule has 1 atom stereocenters.